The third kappa shape index (κ3) is 2.22. The van der Waals surface area contributed by atoms with Crippen molar-refractivity contribution in [2.75, 3.05) is 0 Å². The number of nitrogens with zero attached hydrogens (tertiary/aromatic N) is 1. The van der Waals surface area contributed by atoms with Gasteiger partial charge in [0.05, 0.1) is 11.1 Å². The molecule has 0 fully saturated rings. The summed E-state index contributed by atoms with van der Waals surface area (Å²) in [7, 11) is -2.97. The zero-order valence-corrected chi connectivity index (χ0v) is 16.5. The van der Waals surface area contributed by atoms with Gasteiger partial charge in [0, 0.05) is 22.1 Å². The smallest absolute Gasteiger partial charge is 0.171 e. The lowest BCUT2D eigenvalue weighted by Gasteiger charge is -2.41. The molecule has 3 heteroatoms. The first-order chi connectivity index (χ1) is 13.7. The van der Waals surface area contributed by atoms with Gasteiger partial charge in [-0.3, -0.25) is 4.98 Å². The molecule has 3 aromatic carbocycles. The molecule has 0 N–H and O–H groups in total. The molecule has 136 valence electrons. The van der Waals surface area contributed by atoms with E-state index in [1.54, 1.807) is 0 Å². The van der Waals surface area contributed by atoms with Gasteiger partial charge in [-0.2, -0.15) is 0 Å². The predicted molar refractivity (Wildman–Crippen MR) is 116 cm³/mol. The summed E-state index contributed by atoms with van der Waals surface area (Å²) in [6.45, 7) is 2.20. The molecule has 0 saturated heterocycles. The van der Waals surface area contributed by atoms with E-state index < -0.39 is 12.6 Å². The second-order valence-corrected chi connectivity index (χ2v) is 10.0. The molecule has 1 aliphatic rings. The average Bonchev–Trinajstić information content (AvgIpc) is 2.79. The lowest BCUT2D eigenvalue weighted by Crippen LogP contribution is -2.44. The molecule has 5 rings (SSSR count). The molecule has 0 saturated carbocycles. The van der Waals surface area contributed by atoms with Crippen LogP contribution in [-0.2, 0) is 9.98 Å². The maximum Gasteiger partial charge on any atom is 0.171 e. The van der Waals surface area contributed by atoms with Gasteiger partial charge in [-0.15, -0.1) is 0 Å². The summed E-state index contributed by atoms with van der Waals surface area (Å²) in [6.07, 6.45) is 1.83. The summed E-state index contributed by atoms with van der Waals surface area (Å²) in [5.74, 6) is 0. The monoisotopic (exact) mass is 381 g/mol. The Bertz CT molecular complexity index is 1150. The number of fused-ring (bicyclic) bond motifs is 2. The van der Waals surface area contributed by atoms with E-state index in [0.717, 1.165) is 32.7 Å². The molecular weight excluding hydrogens is 361 g/mol. The van der Waals surface area contributed by atoms with Crippen molar-refractivity contribution in [2.24, 2.45) is 0 Å². The first kappa shape index (κ1) is 17.2. The van der Waals surface area contributed by atoms with Crippen molar-refractivity contribution in [3.05, 3.63) is 120 Å². The van der Waals surface area contributed by atoms with E-state index in [2.05, 4.69) is 25.1 Å². The molecule has 0 bridgehead atoms. The number of hydrogen-bond donors (Lipinski definition) is 0. The number of benzene rings is 3. The van der Waals surface area contributed by atoms with E-state index in [1.165, 1.54) is 0 Å². The van der Waals surface area contributed by atoms with Gasteiger partial charge in [-0.05, 0) is 30.2 Å². The van der Waals surface area contributed by atoms with Crippen molar-refractivity contribution in [3.63, 3.8) is 0 Å². The van der Waals surface area contributed by atoms with Crippen LogP contribution in [0.25, 0.3) is 0 Å². The van der Waals surface area contributed by atoms with Crippen LogP contribution in [0, 0.1) is 0 Å². The maximum absolute atomic E-state index is 14.8. The molecule has 1 aromatic heterocycles. The van der Waals surface area contributed by atoms with Crippen LogP contribution < -0.4 is 15.9 Å². The summed E-state index contributed by atoms with van der Waals surface area (Å²) < 4.78 is 14.8. The Labute approximate surface area is 165 Å². The highest BCUT2D eigenvalue weighted by molar-refractivity contribution is 7.85. The highest BCUT2D eigenvalue weighted by Crippen LogP contribution is 2.53. The lowest BCUT2D eigenvalue weighted by atomic mass is 9.73. The third-order valence-electron chi connectivity index (χ3n) is 5.86. The zero-order valence-electron chi connectivity index (χ0n) is 15.6. The molecular formula is C25H20NOP. The maximum atomic E-state index is 14.8. The van der Waals surface area contributed by atoms with Gasteiger partial charge in [-0.25, -0.2) is 0 Å². The van der Waals surface area contributed by atoms with Crippen LogP contribution in [0.5, 0.6) is 0 Å². The molecule has 2 heterocycles. The minimum Gasteiger partial charge on any atom is -0.309 e. The van der Waals surface area contributed by atoms with Gasteiger partial charge >= 0.3 is 0 Å². The fourth-order valence-corrected chi connectivity index (χ4v) is 7.74. The molecule has 0 aliphatic carbocycles. The summed E-state index contributed by atoms with van der Waals surface area (Å²) in [6, 6.07) is 32.2. The summed E-state index contributed by atoms with van der Waals surface area (Å²) >= 11 is 0. The van der Waals surface area contributed by atoms with Crippen molar-refractivity contribution in [2.45, 2.75) is 12.3 Å². The number of hydrogen-bond acceptors (Lipinski definition) is 2. The third-order valence-corrected chi connectivity index (χ3v) is 9.02. The quantitative estimate of drug-likeness (QED) is 0.482. The topological polar surface area (TPSA) is 30.0 Å². The first-order valence-corrected chi connectivity index (χ1v) is 11.1. The van der Waals surface area contributed by atoms with E-state index in [1.807, 2.05) is 85.1 Å². The Morgan fingerprint density at radius 1 is 0.679 bits per heavy atom. The SMILES string of the molecule is CC1(c2ccccn2)c2ccccc2P(=O)(c2ccccc2)c2ccccc21. The zero-order chi connectivity index (χ0) is 19.2. The molecule has 1 aliphatic heterocycles. The van der Waals surface area contributed by atoms with Crippen LogP contribution in [0.3, 0.4) is 0 Å². The molecule has 0 radical (unpaired) electrons. The largest absolute Gasteiger partial charge is 0.309 e. The number of rotatable bonds is 2. The van der Waals surface area contributed by atoms with Crippen LogP contribution in [0.1, 0.15) is 23.7 Å². The van der Waals surface area contributed by atoms with E-state index in [4.69, 9.17) is 4.98 Å². The number of aromatic nitrogens is 1. The molecule has 2 nitrogen and oxygen atoms in total. The van der Waals surface area contributed by atoms with Crippen LogP contribution in [0.15, 0.2) is 103 Å². The van der Waals surface area contributed by atoms with Crippen LogP contribution in [-0.4, -0.2) is 4.98 Å². The normalized spacial score (nSPS) is 22.9. The molecule has 0 unspecified atom stereocenters. The van der Waals surface area contributed by atoms with Crippen LogP contribution >= 0.6 is 7.14 Å². The lowest BCUT2D eigenvalue weighted by molar-refractivity contribution is 0.588. The minimum atomic E-state index is -2.97. The Morgan fingerprint density at radius 3 is 1.79 bits per heavy atom. The van der Waals surface area contributed by atoms with Gasteiger partial charge < -0.3 is 4.57 Å². The summed E-state index contributed by atoms with van der Waals surface area (Å²) in [4.78, 5) is 4.70. The van der Waals surface area contributed by atoms with E-state index in [0.29, 0.717) is 0 Å². The van der Waals surface area contributed by atoms with Gasteiger partial charge in [0.15, 0.2) is 7.14 Å². The van der Waals surface area contributed by atoms with Gasteiger partial charge in [0.2, 0.25) is 0 Å². The second-order valence-electron chi connectivity index (χ2n) is 7.32. The van der Waals surface area contributed by atoms with Crippen molar-refractivity contribution in [1.82, 2.24) is 4.98 Å². The first-order valence-electron chi connectivity index (χ1n) is 9.44. The molecule has 0 amide bonds. The summed E-state index contributed by atoms with van der Waals surface area (Å²) in [5.41, 5.74) is 2.64. The Kier molecular flexibility index (Phi) is 3.86. The molecule has 0 atom stereocenters. The fourth-order valence-electron chi connectivity index (χ4n) is 4.47. The summed E-state index contributed by atoms with van der Waals surface area (Å²) in [5, 5.41) is 2.69. The van der Waals surface area contributed by atoms with E-state index in [-0.39, 0.29) is 0 Å². The molecule has 0 spiro atoms. The van der Waals surface area contributed by atoms with Crippen molar-refractivity contribution < 1.29 is 4.57 Å². The van der Waals surface area contributed by atoms with Gasteiger partial charge in [-0.1, -0.05) is 84.9 Å². The minimum absolute atomic E-state index is 0.461. The molecule has 28 heavy (non-hydrogen) atoms. The van der Waals surface area contributed by atoms with Crippen LogP contribution in [0.4, 0.5) is 0 Å². The highest BCUT2D eigenvalue weighted by atomic mass is 31.2. The van der Waals surface area contributed by atoms with E-state index in [9.17, 15) is 4.57 Å². The standard InChI is InChI=1S/C25H20NOP/c1-25(24-17-9-10-18-26-24)20-13-5-7-15-22(20)28(27,19-11-3-2-4-12-19)23-16-8-6-14-21(23)25/h2-18H,1H3. The average molecular weight is 381 g/mol. The van der Waals surface area contributed by atoms with Gasteiger partial charge in [0.25, 0.3) is 0 Å². The highest BCUT2D eigenvalue weighted by Gasteiger charge is 2.47. The molecule has 4 aromatic rings. The van der Waals surface area contributed by atoms with E-state index >= 15 is 0 Å². The Morgan fingerprint density at radius 2 is 1.21 bits per heavy atom. The van der Waals surface area contributed by atoms with Crippen molar-refractivity contribution in [3.8, 4) is 0 Å². The predicted octanol–water partition coefficient (Wildman–Crippen LogP) is 4.39. The Hall–Kier alpha value is -2.96. The van der Waals surface area contributed by atoms with Crippen molar-refractivity contribution in [1.29, 1.82) is 0 Å². The van der Waals surface area contributed by atoms with Crippen molar-refractivity contribution >= 4 is 23.1 Å². The Balaban J connectivity index is 1.93. The van der Waals surface area contributed by atoms with Gasteiger partial charge in [0.1, 0.15) is 0 Å². The fraction of sp³-hybridized carbons (Fsp3) is 0.0800. The van der Waals surface area contributed by atoms with Crippen LogP contribution in [0.2, 0.25) is 0 Å². The number of pyridine rings is 1. The second kappa shape index (κ2) is 6.29.